The molecule has 9 aromatic rings. The summed E-state index contributed by atoms with van der Waals surface area (Å²) in [5.41, 5.74) is 19.1. The van der Waals surface area contributed by atoms with Gasteiger partial charge in [0, 0.05) is 39.5 Å². The van der Waals surface area contributed by atoms with Crippen LogP contribution in [0.4, 0.5) is 34.1 Å². The van der Waals surface area contributed by atoms with Crippen molar-refractivity contribution in [3.8, 4) is 33.4 Å². The first kappa shape index (κ1) is 34.9. The molecule has 0 saturated heterocycles. The van der Waals surface area contributed by atoms with Gasteiger partial charge in [-0.05, 0) is 164 Å². The van der Waals surface area contributed by atoms with Gasteiger partial charge in [0.15, 0.2) is 0 Å². The molecular weight excluding hydrogens is 797 g/mol. The molecule has 1 atom stereocenters. The van der Waals surface area contributed by atoms with Crippen molar-refractivity contribution in [2.45, 2.75) is 62.7 Å². The second-order valence-electron chi connectivity index (χ2n) is 19.1. The normalized spacial score (nSPS) is 17.9. The minimum Gasteiger partial charge on any atom is -0.310 e. The Morgan fingerprint density at radius 1 is 0.394 bits per heavy atom. The molecule has 0 amide bonds. The zero-order valence-corrected chi connectivity index (χ0v) is 37.4. The van der Waals surface area contributed by atoms with Crippen LogP contribution in [0.25, 0.3) is 33.4 Å². The van der Waals surface area contributed by atoms with Crippen LogP contribution >= 0.6 is 0 Å². The standard InChI is InChI=1S/C64H52N2/c1-63(2)57-30-15-12-27-51(57)54-36-33-48(40-60(54)63)66(47-26-18-21-44(39-47)43-19-6-3-7-20-43)50-35-38-56-53-29-14-17-32-59(53)64(62(56)42-50)58-31-16-13-28-52(58)55-37-34-49(41-61(55)64)65(45-22-8-4-9-23-45)46-24-10-5-11-25-46/h4-5,8-18,21-43H,3,6-7,19-20H2,1-2H3/i18D,21D,26D,39D. The predicted molar refractivity (Wildman–Crippen MR) is 275 cm³/mol. The molecule has 66 heavy (non-hydrogen) atoms. The Morgan fingerprint density at radius 3 is 1.36 bits per heavy atom. The van der Waals surface area contributed by atoms with Crippen LogP contribution in [0.5, 0.6) is 0 Å². The van der Waals surface area contributed by atoms with E-state index in [4.69, 9.17) is 0 Å². The van der Waals surface area contributed by atoms with Crippen LogP contribution in [-0.4, -0.2) is 0 Å². The number of para-hydroxylation sites is 2. The van der Waals surface area contributed by atoms with E-state index < -0.39 is 5.41 Å². The van der Waals surface area contributed by atoms with E-state index in [0.29, 0.717) is 11.3 Å². The lowest BCUT2D eigenvalue weighted by Crippen LogP contribution is -2.26. The largest absolute Gasteiger partial charge is 0.310 e. The summed E-state index contributed by atoms with van der Waals surface area (Å²) >= 11 is 0. The summed E-state index contributed by atoms with van der Waals surface area (Å²) in [5.74, 6) is -0.00248. The number of anilines is 6. The molecule has 0 aliphatic heterocycles. The SMILES string of the molecule is [2H]c1c([2H])c(C2CCCCC2)c([2H])c(N(c2ccc3c(c2)C(C)(C)c2ccccc2-3)c2ccc3c(c2)C2(c4ccccc4-c4ccc(N(c5ccccc5)c5ccccc5)cc42)c2ccccc2-3)c1[2H]. The molecule has 4 aliphatic rings. The van der Waals surface area contributed by atoms with Crippen molar-refractivity contribution >= 4 is 34.1 Å². The number of benzene rings is 9. The summed E-state index contributed by atoms with van der Waals surface area (Å²) in [6.45, 7) is 4.57. The molecule has 1 saturated carbocycles. The third-order valence-electron chi connectivity index (χ3n) is 15.3. The van der Waals surface area contributed by atoms with Crippen LogP contribution in [0, 0.1) is 0 Å². The van der Waals surface area contributed by atoms with Gasteiger partial charge in [0.05, 0.1) is 10.9 Å². The summed E-state index contributed by atoms with van der Waals surface area (Å²) in [6, 6.07) is 67.9. The maximum absolute atomic E-state index is 10.2. The van der Waals surface area contributed by atoms with Gasteiger partial charge in [0.25, 0.3) is 0 Å². The van der Waals surface area contributed by atoms with E-state index in [1.54, 1.807) is 0 Å². The molecule has 9 aromatic carbocycles. The summed E-state index contributed by atoms with van der Waals surface area (Å²) in [4.78, 5) is 4.43. The fourth-order valence-electron chi connectivity index (χ4n) is 12.3. The molecule has 0 N–H and O–H groups in total. The molecular formula is C64H52N2. The second-order valence-corrected chi connectivity index (χ2v) is 19.1. The lowest BCUT2D eigenvalue weighted by molar-refractivity contribution is 0.443. The predicted octanol–water partition coefficient (Wildman–Crippen LogP) is 17.3. The van der Waals surface area contributed by atoms with Crippen molar-refractivity contribution in [1.82, 2.24) is 0 Å². The average molecular weight is 853 g/mol. The molecule has 318 valence electrons. The highest BCUT2D eigenvalue weighted by atomic mass is 15.1. The lowest BCUT2D eigenvalue weighted by atomic mass is 9.70. The van der Waals surface area contributed by atoms with Gasteiger partial charge < -0.3 is 9.80 Å². The van der Waals surface area contributed by atoms with Crippen LogP contribution in [0.2, 0.25) is 0 Å². The zero-order chi connectivity index (χ0) is 47.5. The van der Waals surface area contributed by atoms with Crippen LogP contribution in [0.15, 0.2) is 212 Å². The average Bonchev–Trinajstić information content (AvgIpc) is 3.95. The molecule has 2 nitrogen and oxygen atoms in total. The van der Waals surface area contributed by atoms with Crippen molar-refractivity contribution < 1.29 is 5.48 Å². The molecule has 0 radical (unpaired) electrons. The Labute approximate surface area is 395 Å². The first-order valence-electron chi connectivity index (χ1n) is 25.7. The van der Waals surface area contributed by atoms with Gasteiger partial charge in [-0.2, -0.15) is 0 Å². The summed E-state index contributed by atoms with van der Waals surface area (Å²) in [6.07, 6.45) is 4.96. The third kappa shape index (κ3) is 5.73. The van der Waals surface area contributed by atoms with Crippen LogP contribution in [0.3, 0.4) is 0 Å². The zero-order valence-electron chi connectivity index (χ0n) is 41.4. The molecule has 1 spiro atoms. The van der Waals surface area contributed by atoms with Gasteiger partial charge in [-0.25, -0.2) is 0 Å². The van der Waals surface area contributed by atoms with Crippen molar-refractivity contribution in [2.24, 2.45) is 0 Å². The van der Waals surface area contributed by atoms with Gasteiger partial charge in [-0.1, -0.05) is 173 Å². The maximum Gasteiger partial charge on any atom is 0.0727 e. The Balaban J connectivity index is 1.08. The first-order valence-corrected chi connectivity index (χ1v) is 23.7. The highest BCUT2D eigenvalue weighted by molar-refractivity contribution is 5.98. The molecule has 0 heterocycles. The van der Waals surface area contributed by atoms with E-state index in [-0.39, 0.29) is 35.5 Å². The van der Waals surface area contributed by atoms with Crippen LogP contribution < -0.4 is 9.80 Å². The first-order chi connectivity index (χ1) is 34.2. The van der Waals surface area contributed by atoms with Gasteiger partial charge in [0.2, 0.25) is 0 Å². The number of nitrogens with zero attached hydrogens (tertiary/aromatic N) is 2. The van der Waals surface area contributed by atoms with E-state index in [2.05, 4.69) is 212 Å². The fourth-order valence-corrected chi connectivity index (χ4v) is 12.3. The Kier molecular flexibility index (Phi) is 7.98. The van der Waals surface area contributed by atoms with Crippen LogP contribution in [0.1, 0.15) is 96.3 Å². The van der Waals surface area contributed by atoms with Gasteiger partial charge >= 0.3 is 0 Å². The molecule has 0 aromatic heterocycles. The summed E-state index contributed by atoms with van der Waals surface area (Å²) in [5, 5.41) is 0. The minimum absolute atomic E-state index is 0.00248. The fraction of sp³-hybridized carbons (Fsp3) is 0.156. The second kappa shape index (κ2) is 15.1. The molecule has 13 rings (SSSR count). The summed E-state index contributed by atoms with van der Waals surface area (Å²) in [7, 11) is 0. The number of hydrogen-bond acceptors (Lipinski definition) is 2. The number of hydrogen-bond donors (Lipinski definition) is 0. The topological polar surface area (TPSA) is 6.48 Å². The Hall–Kier alpha value is -7.42. The van der Waals surface area contributed by atoms with Crippen molar-refractivity contribution in [3.63, 3.8) is 0 Å². The monoisotopic (exact) mass is 852 g/mol. The molecule has 1 unspecified atom stereocenters. The van der Waals surface area contributed by atoms with Gasteiger partial charge in [-0.3, -0.25) is 0 Å². The summed E-state index contributed by atoms with van der Waals surface area (Å²) < 4.78 is 38.7. The van der Waals surface area contributed by atoms with Gasteiger partial charge in [0.1, 0.15) is 0 Å². The van der Waals surface area contributed by atoms with E-state index in [9.17, 15) is 5.48 Å². The maximum atomic E-state index is 10.2. The smallest absolute Gasteiger partial charge is 0.0727 e. The molecule has 1 fully saturated rings. The Bertz CT molecular complexity index is 3520. The van der Waals surface area contributed by atoms with Crippen LogP contribution in [-0.2, 0) is 10.8 Å². The van der Waals surface area contributed by atoms with E-state index in [1.165, 1.54) is 55.6 Å². The van der Waals surface area contributed by atoms with Gasteiger partial charge in [-0.15, -0.1) is 0 Å². The highest BCUT2D eigenvalue weighted by Gasteiger charge is 2.52. The molecule has 0 bridgehead atoms. The third-order valence-corrected chi connectivity index (χ3v) is 15.3. The molecule has 2 heteroatoms. The number of fused-ring (bicyclic) bond motifs is 13. The quantitative estimate of drug-likeness (QED) is 0.158. The van der Waals surface area contributed by atoms with Crippen molar-refractivity contribution in [3.05, 3.63) is 251 Å². The highest BCUT2D eigenvalue weighted by Crippen LogP contribution is 2.64. The van der Waals surface area contributed by atoms with Crippen molar-refractivity contribution in [2.75, 3.05) is 9.80 Å². The molecule has 4 aliphatic carbocycles. The van der Waals surface area contributed by atoms with E-state index in [0.717, 1.165) is 71.7 Å². The Morgan fingerprint density at radius 2 is 0.818 bits per heavy atom. The van der Waals surface area contributed by atoms with E-state index in [1.807, 2.05) is 0 Å². The minimum atomic E-state index is -0.720. The number of rotatable bonds is 7. The van der Waals surface area contributed by atoms with Crippen molar-refractivity contribution in [1.29, 1.82) is 0 Å². The lowest BCUT2D eigenvalue weighted by Gasteiger charge is -2.34. The van der Waals surface area contributed by atoms with E-state index >= 15 is 0 Å².